The van der Waals surface area contributed by atoms with Crippen LogP contribution in [0.4, 0.5) is 10.5 Å². The van der Waals surface area contributed by atoms with Gasteiger partial charge in [-0.2, -0.15) is 5.10 Å². The first kappa shape index (κ1) is 16.4. The quantitative estimate of drug-likeness (QED) is 0.659. The van der Waals surface area contributed by atoms with E-state index in [4.69, 9.17) is 4.74 Å². The van der Waals surface area contributed by atoms with Crippen molar-refractivity contribution < 1.29 is 14.5 Å². The molecule has 0 saturated carbocycles. The smallest absolute Gasteiger partial charge is 0.408 e. The van der Waals surface area contributed by atoms with Crippen LogP contribution in [0.5, 0.6) is 0 Å². The standard InChI is InChI=1S/C14H17N5O4/c1-14(2,3)23-13(20)15-8-11-16-12(18-17-11)9-4-6-10(7-5-9)19(21)22/h4-7H,8H2,1-3H3,(H,15,20)(H,16,17,18). The first-order chi connectivity index (χ1) is 10.7. The van der Waals surface area contributed by atoms with Gasteiger partial charge >= 0.3 is 6.09 Å². The molecule has 122 valence electrons. The summed E-state index contributed by atoms with van der Waals surface area (Å²) in [7, 11) is 0. The van der Waals surface area contributed by atoms with Crippen LogP contribution in [0.1, 0.15) is 26.6 Å². The molecule has 1 heterocycles. The van der Waals surface area contributed by atoms with Crippen LogP contribution in [0, 0.1) is 10.1 Å². The second-order valence-electron chi connectivity index (χ2n) is 5.77. The van der Waals surface area contributed by atoms with Crippen molar-refractivity contribution in [3.05, 3.63) is 40.2 Å². The summed E-state index contributed by atoms with van der Waals surface area (Å²) in [4.78, 5) is 25.9. The predicted molar refractivity (Wildman–Crippen MR) is 81.5 cm³/mol. The van der Waals surface area contributed by atoms with E-state index in [9.17, 15) is 14.9 Å². The SMILES string of the molecule is CC(C)(C)OC(=O)NCc1nc(-c2ccc([N+](=O)[O-])cc2)n[nH]1. The Morgan fingerprint density at radius 2 is 2.00 bits per heavy atom. The van der Waals surface area contributed by atoms with Crippen molar-refractivity contribution in [3.63, 3.8) is 0 Å². The highest BCUT2D eigenvalue weighted by Crippen LogP contribution is 2.19. The summed E-state index contributed by atoms with van der Waals surface area (Å²) in [5.74, 6) is 0.838. The fourth-order valence-corrected chi connectivity index (χ4v) is 1.71. The minimum absolute atomic E-state index is 0.00361. The highest BCUT2D eigenvalue weighted by Gasteiger charge is 2.16. The third-order valence-corrected chi connectivity index (χ3v) is 2.67. The third kappa shape index (κ3) is 4.77. The van der Waals surface area contributed by atoms with Crippen LogP contribution >= 0.6 is 0 Å². The van der Waals surface area contributed by atoms with Crippen molar-refractivity contribution in [3.8, 4) is 11.4 Å². The minimum Gasteiger partial charge on any atom is -0.444 e. The third-order valence-electron chi connectivity index (χ3n) is 2.67. The summed E-state index contributed by atoms with van der Waals surface area (Å²) in [5, 5.41) is 19.9. The van der Waals surface area contributed by atoms with Gasteiger partial charge in [-0.05, 0) is 32.9 Å². The normalized spacial score (nSPS) is 11.1. The van der Waals surface area contributed by atoms with Gasteiger partial charge in [0.05, 0.1) is 11.5 Å². The minimum atomic E-state index is -0.574. The zero-order valence-electron chi connectivity index (χ0n) is 13.0. The lowest BCUT2D eigenvalue weighted by atomic mass is 10.2. The topological polar surface area (TPSA) is 123 Å². The van der Waals surface area contributed by atoms with Crippen molar-refractivity contribution >= 4 is 11.8 Å². The van der Waals surface area contributed by atoms with Crippen LogP contribution in [0.25, 0.3) is 11.4 Å². The molecular weight excluding hydrogens is 302 g/mol. The van der Waals surface area contributed by atoms with E-state index < -0.39 is 16.6 Å². The molecule has 0 aliphatic rings. The maximum atomic E-state index is 11.6. The van der Waals surface area contributed by atoms with Gasteiger partial charge in [-0.1, -0.05) is 0 Å². The number of nitro benzene ring substituents is 1. The number of nitrogens with one attached hydrogen (secondary N) is 2. The van der Waals surface area contributed by atoms with Crippen LogP contribution in [0.2, 0.25) is 0 Å². The van der Waals surface area contributed by atoms with Gasteiger partial charge in [0.1, 0.15) is 11.4 Å². The van der Waals surface area contributed by atoms with Gasteiger partial charge < -0.3 is 10.1 Å². The molecular formula is C14H17N5O4. The molecule has 1 aromatic carbocycles. The van der Waals surface area contributed by atoms with Crippen LogP contribution in [-0.4, -0.2) is 31.8 Å². The van der Waals surface area contributed by atoms with E-state index in [1.165, 1.54) is 12.1 Å². The van der Waals surface area contributed by atoms with Crippen LogP contribution in [-0.2, 0) is 11.3 Å². The van der Waals surface area contributed by atoms with Crippen molar-refractivity contribution in [2.45, 2.75) is 32.9 Å². The van der Waals surface area contributed by atoms with Crippen LogP contribution in [0.15, 0.2) is 24.3 Å². The summed E-state index contributed by atoms with van der Waals surface area (Å²) >= 11 is 0. The first-order valence-corrected chi connectivity index (χ1v) is 6.87. The van der Waals surface area contributed by atoms with E-state index >= 15 is 0 Å². The van der Waals surface area contributed by atoms with Crippen LogP contribution in [0.3, 0.4) is 0 Å². The van der Waals surface area contributed by atoms with Crippen molar-refractivity contribution in [1.82, 2.24) is 20.5 Å². The number of benzene rings is 1. The molecule has 2 aromatic rings. The molecule has 0 aliphatic carbocycles. The molecule has 0 unspecified atom stereocenters. The number of nitrogens with zero attached hydrogens (tertiary/aromatic N) is 3. The highest BCUT2D eigenvalue weighted by molar-refractivity contribution is 5.67. The largest absolute Gasteiger partial charge is 0.444 e. The monoisotopic (exact) mass is 319 g/mol. The molecule has 0 saturated heterocycles. The summed E-state index contributed by atoms with van der Waals surface area (Å²) in [5.41, 5.74) is 0.0570. The van der Waals surface area contributed by atoms with Crippen molar-refractivity contribution in [2.75, 3.05) is 0 Å². The number of hydrogen-bond donors (Lipinski definition) is 2. The van der Waals surface area contributed by atoms with E-state index in [1.54, 1.807) is 32.9 Å². The molecule has 23 heavy (non-hydrogen) atoms. The highest BCUT2D eigenvalue weighted by atomic mass is 16.6. The van der Waals surface area contributed by atoms with Crippen molar-refractivity contribution in [1.29, 1.82) is 0 Å². The van der Waals surface area contributed by atoms with Gasteiger partial charge in [0, 0.05) is 17.7 Å². The second kappa shape index (κ2) is 6.42. The fourth-order valence-electron chi connectivity index (χ4n) is 1.71. The number of H-pyrrole nitrogens is 1. The Morgan fingerprint density at radius 3 is 2.57 bits per heavy atom. The number of alkyl carbamates (subject to hydrolysis) is 1. The summed E-state index contributed by atoms with van der Waals surface area (Å²) in [6.45, 7) is 5.45. The molecule has 2 N–H and O–H groups in total. The average molecular weight is 319 g/mol. The zero-order chi connectivity index (χ0) is 17.0. The Bertz CT molecular complexity index is 703. The van der Waals surface area contributed by atoms with E-state index in [0.717, 1.165) is 0 Å². The average Bonchev–Trinajstić information content (AvgIpc) is 2.92. The Labute approximate surface area is 132 Å². The number of aromatic amines is 1. The molecule has 1 aromatic heterocycles. The van der Waals surface area contributed by atoms with Gasteiger partial charge in [-0.25, -0.2) is 9.78 Å². The Hall–Kier alpha value is -2.97. The number of hydrogen-bond acceptors (Lipinski definition) is 6. The van der Waals surface area contributed by atoms with Gasteiger partial charge in [0.25, 0.3) is 5.69 Å². The number of non-ortho nitro benzene ring substituents is 1. The molecule has 2 rings (SSSR count). The van der Waals surface area contributed by atoms with Crippen molar-refractivity contribution in [2.24, 2.45) is 0 Å². The number of carbonyl (C=O) groups is 1. The maximum absolute atomic E-state index is 11.6. The van der Waals surface area contributed by atoms with Crippen LogP contribution < -0.4 is 5.32 Å². The number of rotatable bonds is 4. The molecule has 0 atom stereocenters. The number of nitro groups is 1. The van der Waals surface area contributed by atoms with Gasteiger partial charge in [0.15, 0.2) is 5.82 Å². The maximum Gasteiger partial charge on any atom is 0.408 e. The van der Waals surface area contributed by atoms with E-state index in [1.807, 2.05) is 0 Å². The molecule has 0 spiro atoms. The number of ether oxygens (including phenoxy) is 1. The molecule has 9 heteroatoms. The molecule has 0 aliphatic heterocycles. The molecule has 0 fully saturated rings. The lowest BCUT2D eigenvalue weighted by Gasteiger charge is -2.19. The predicted octanol–water partition coefficient (Wildman–Crippen LogP) is 2.40. The van der Waals surface area contributed by atoms with E-state index in [2.05, 4.69) is 20.5 Å². The lowest BCUT2D eigenvalue weighted by Crippen LogP contribution is -2.32. The lowest BCUT2D eigenvalue weighted by molar-refractivity contribution is -0.384. The number of aromatic nitrogens is 3. The Morgan fingerprint density at radius 1 is 1.35 bits per heavy atom. The Kier molecular flexibility index (Phi) is 4.58. The molecule has 0 bridgehead atoms. The van der Waals surface area contributed by atoms with E-state index in [0.29, 0.717) is 17.2 Å². The fraction of sp³-hybridized carbons (Fsp3) is 0.357. The van der Waals surface area contributed by atoms with Gasteiger partial charge in [-0.15, -0.1) is 0 Å². The zero-order valence-corrected chi connectivity index (χ0v) is 13.0. The summed E-state index contributed by atoms with van der Waals surface area (Å²) < 4.78 is 5.11. The van der Waals surface area contributed by atoms with E-state index in [-0.39, 0.29) is 12.2 Å². The molecule has 9 nitrogen and oxygen atoms in total. The second-order valence-corrected chi connectivity index (χ2v) is 5.77. The Balaban J connectivity index is 1.98. The summed E-state index contributed by atoms with van der Waals surface area (Å²) in [6.07, 6.45) is -0.550. The molecule has 0 radical (unpaired) electrons. The molecule has 1 amide bonds. The summed E-state index contributed by atoms with van der Waals surface area (Å²) in [6, 6.07) is 5.88. The van der Waals surface area contributed by atoms with Gasteiger partial charge in [0.2, 0.25) is 0 Å². The number of carbonyl (C=O) groups excluding carboxylic acids is 1. The number of amides is 1. The first-order valence-electron chi connectivity index (χ1n) is 6.87. The van der Waals surface area contributed by atoms with Gasteiger partial charge in [-0.3, -0.25) is 15.2 Å².